The van der Waals surface area contributed by atoms with E-state index in [4.69, 9.17) is 0 Å². The van der Waals surface area contributed by atoms with E-state index in [9.17, 15) is 13.2 Å². The number of hydrogen-bond donors (Lipinski definition) is 1. The fourth-order valence-electron chi connectivity index (χ4n) is 0.993. The third-order valence-electron chi connectivity index (χ3n) is 1.58. The van der Waals surface area contributed by atoms with Crippen LogP contribution < -0.4 is 5.32 Å². The fourth-order valence-corrected chi connectivity index (χ4v) is 0.993. The molecule has 0 heterocycles. The van der Waals surface area contributed by atoms with Crippen LogP contribution in [0, 0.1) is 0 Å². The lowest BCUT2D eigenvalue weighted by molar-refractivity contribution is -0.156. The van der Waals surface area contributed by atoms with Gasteiger partial charge in [-0.05, 0) is 12.0 Å². The van der Waals surface area contributed by atoms with E-state index in [0.717, 1.165) is 5.56 Å². The zero-order valence-corrected chi connectivity index (χ0v) is 6.93. The normalized spacial score (nSPS) is 11.6. The van der Waals surface area contributed by atoms with Crippen molar-refractivity contribution in [3.05, 3.63) is 35.9 Å². The first-order valence-electron chi connectivity index (χ1n) is 3.93. The van der Waals surface area contributed by atoms with Gasteiger partial charge in [0.1, 0.15) is 0 Å². The molecule has 72 valence electrons. The summed E-state index contributed by atoms with van der Waals surface area (Å²) in [4.78, 5) is 0. The zero-order valence-electron chi connectivity index (χ0n) is 6.93. The van der Waals surface area contributed by atoms with Crippen molar-refractivity contribution in [1.82, 2.24) is 5.32 Å². The van der Waals surface area contributed by atoms with Crippen LogP contribution in [0.5, 0.6) is 0 Å². The van der Waals surface area contributed by atoms with Crippen LogP contribution in [0.2, 0.25) is 0 Å². The SMILES string of the molecule is FC(F)(F)NCCc1ccccc1. The van der Waals surface area contributed by atoms with Gasteiger partial charge in [-0.2, -0.15) is 13.2 Å². The molecule has 0 aliphatic heterocycles. The summed E-state index contributed by atoms with van der Waals surface area (Å²) in [7, 11) is 0. The monoisotopic (exact) mass is 189 g/mol. The minimum Gasteiger partial charge on any atom is -0.228 e. The van der Waals surface area contributed by atoms with Crippen molar-refractivity contribution in [2.24, 2.45) is 0 Å². The highest BCUT2D eigenvalue weighted by Gasteiger charge is 2.25. The first-order chi connectivity index (χ1) is 6.08. The number of nitrogens with one attached hydrogen (secondary N) is 1. The van der Waals surface area contributed by atoms with E-state index in [0.29, 0.717) is 6.42 Å². The summed E-state index contributed by atoms with van der Waals surface area (Å²) >= 11 is 0. The van der Waals surface area contributed by atoms with E-state index < -0.39 is 6.30 Å². The third-order valence-corrected chi connectivity index (χ3v) is 1.58. The van der Waals surface area contributed by atoms with Gasteiger partial charge < -0.3 is 0 Å². The van der Waals surface area contributed by atoms with Crippen molar-refractivity contribution < 1.29 is 13.2 Å². The second-order valence-electron chi connectivity index (χ2n) is 2.66. The van der Waals surface area contributed by atoms with Gasteiger partial charge in [-0.3, -0.25) is 0 Å². The number of halogens is 3. The lowest BCUT2D eigenvalue weighted by Gasteiger charge is -2.07. The van der Waals surface area contributed by atoms with Crippen molar-refractivity contribution in [1.29, 1.82) is 0 Å². The molecule has 1 aromatic carbocycles. The summed E-state index contributed by atoms with van der Waals surface area (Å²) in [5.74, 6) is 0. The van der Waals surface area contributed by atoms with Crippen molar-refractivity contribution in [2.45, 2.75) is 12.7 Å². The van der Waals surface area contributed by atoms with Gasteiger partial charge in [-0.15, -0.1) is 0 Å². The van der Waals surface area contributed by atoms with Gasteiger partial charge in [-0.25, -0.2) is 5.32 Å². The summed E-state index contributed by atoms with van der Waals surface area (Å²) in [6.07, 6.45) is -3.88. The first-order valence-corrected chi connectivity index (χ1v) is 3.93. The standard InChI is InChI=1S/C9H10F3N/c10-9(11,12)13-7-6-8-4-2-1-3-5-8/h1-5,13H,6-7H2. The Balaban J connectivity index is 2.29. The summed E-state index contributed by atoms with van der Waals surface area (Å²) in [6.45, 7) is -0.0759. The Bertz CT molecular complexity index is 243. The van der Waals surface area contributed by atoms with Gasteiger partial charge in [0.15, 0.2) is 0 Å². The molecule has 0 aliphatic rings. The minimum atomic E-state index is -4.27. The highest BCUT2D eigenvalue weighted by atomic mass is 19.4. The molecule has 0 aromatic heterocycles. The molecule has 1 rings (SSSR count). The lowest BCUT2D eigenvalue weighted by atomic mass is 10.1. The van der Waals surface area contributed by atoms with E-state index in [1.54, 1.807) is 12.1 Å². The van der Waals surface area contributed by atoms with Crippen molar-refractivity contribution in [3.8, 4) is 0 Å². The first kappa shape index (κ1) is 10.1. The molecule has 0 radical (unpaired) electrons. The summed E-state index contributed by atoms with van der Waals surface area (Å²) in [5, 5.41) is 1.47. The molecule has 1 N–H and O–H groups in total. The maximum absolute atomic E-state index is 11.6. The van der Waals surface area contributed by atoms with E-state index in [-0.39, 0.29) is 6.54 Å². The molecule has 1 aromatic rings. The van der Waals surface area contributed by atoms with Crippen LogP contribution in [-0.2, 0) is 6.42 Å². The maximum Gasteiger partial charge on any atom is 0.457 e. The highest BCUT2D eigenvalue weighted by Crippen LogP contribution is 2.09. The molecule has 0 aliphatic carbocycles. The van der Waals surface area contributed by atoms with E-state index in [1.807, 2.05) is 18.2 Å². The van der Waals surface area contributed by atoms with Gasteiger partial charge >= 0.3 is 6.30 Å². The molecule has 0 saturated heterocycles. The average Bonchev–Trinajstić information content (AvgIpc) is 2.04. The van der Waals surface area contributed by atoms with Crippen LogP contribution in [0.1, 0.15) is 5.56 Å². The van der Waals surface area contributed by atoms with Crippen LogP contribution in [-0.4, -0.2) is 12.8 Å². The lowest BCUT2D eigenvalue weighted by Crippen LogP contribution is -2.33. The molecule has 0 atom stereocenters. The Morgan fingerprint density at radius 2 is 1.69 bits per heavy atom. The van der Waals surface area contributed by atoms with Crippen molar-refractivity contribution in [3.63, 3.8) is 0 Å². The van der Waals surface area contributed by atoms with Gasteiger partial charge in [0.2, 0.25) is 0 Å². The average molecular weight is 189 g/mol. The summed E-state index contributed by atoms with van der Waals surface area (Å²) in [6, 6.07) is 9.06. The predicted octanol–water partition coefficient (Wildman–Crippen LogP) is 2.34. The van der Waals surface area contributed by atoms with Crippen LogP contribution >= 0.6 is 0 Å². The molecule has 1 nitrogen and oxygen atoms in total. The van der Waals surface area contributed by atoms with E-state index >= 15 is 0 Å². The molecule has 0 fully saturated rings. The highest BCUT2D eigenvalue weighted by molar-refractivity contribution is 5.14. The zero-order chi connectivity index (χ0) is 9.73. The molecular formula is C9H10F3N. The maximum atomic E-state index is 11.6. The summed E-state index contributed by atoms with van der Waals surface area (Å²) in [5.41, 5.74) is 0.902. The second-order valence-corrected chi connectivity index (χ2v) is 2.66. The van der Waals surface area contributed by atoms with Crippen LogP contribution in [0.15, 0.2) is 30.3 Å². The quantitative estimate of drug-likeness (QED) is 0.719. The minimum absolute atomic E-state index is 0.0759. The Morgan fingerprint density at radius 3 is 2.23 bits per heavy atom. The Hall–Kier alpha value is -1.03. The molecule has 4 heteroatoms. The fraction of sp³-hybridized carbons (Fsp3) is 0.333. The Kier molecular flexibility index (Phi) is 3.31. The Morgan fingerprint density at radius 1 is 1.08 bits per heavy atom. The van der Waals surface area contributed by atoms with Gasteiger partial charge in [0, 0.05) is 6.54 Å². The van der Waals surface area contributed by atoms with Crippen molar-refractivity contribution in [2.75, 3.05) is 6.54 Å². The van der Waals surface area contributed by atoms with Gasteiger partial charge in [0.25, 0.3) is 0 Å². The third kappa shape index (κ3) is 4.52. The molecule has 0 amide bonds. The van der Waals surface area contributed by atoms with Gasteiger partial charge in [-0.1, -0.05) is 30.3 Å². The molecule has 0 spiro atoms. The number of alkyl halides is 3. The van der Waals surface area contributed by atoms with Crippen LogP contribution in [0.3, 0.4) is 0 Å². The number of benzene rings is 1. The van der Waals surface area contributed by atoms with E-state index in [2.05, 4.69) is 0 Å². The molecular weight excluding hydrogens is 179 g/mol. The molecule has 0 unspecified atom stereocenters. The smallest absolute Gasteiger partial charge is 0.228 e. The van der Waals surface area contributed by atoms with Crippen molar-refractivity contribution >= 4 is 0 Å². The molecule has 13 heavy (non-hydrogen) atoms. The molecule has 0 saturated carbocycles. The molecule has 0 bridgehead atoms. The van der Waals surface area contributed by atoms with Crippen LogP contribution in [0.4, 0.5) is 13.2 Å². The van der Waals surface area contributed by atoms with E-state index in [1.165, 1.54) is 5.32 Å². The predicted molar refractivity (Wildman–Crippen MR) is 44.2 cm³/mol. The second kappa shape index (κ2) is 4.28. The summed E-state index contributed by atoms with van der Waals surface area (Å²) < 4.78 is 34.9. The number of rotatable bonds is 3. The van der Waals surface area contributed by atoms with Crippen LogP contribution in [0.25, 0.3) is 0 Å². The van der Waals surface area contributed by atoms with Gasteiger partial charge in [0.05, 0.1) is 0 Å². The Labute approximate surface area is 74.6 Å². The topological polar surface area (TPSA) is 12.0 Å². The largest absolute Gasteiger partial charge is 0.457 e. The number of hydrogen-bond acceptors (Lipinski definition) is 1.